The summed E-state index contributed by atoms with van der Waals surface area (Å²) in [4.78, 5) is 0.310. The zero-order chi connectivity index (χ0) is 15.3. The molecule has 5 nitrogen and oxygen atoms in total. The Morgan fingerprint density at radius 3 is 2.57 bits per heavy atom. The van der Waals surface area contributed by atoms with Gasteiger partial charge in [-0.3, -0.25) is 0 Å². The summed E-state index contributed by atoms with van der Waals surface area (Å²) in [6.45, 7) is 3.79. The number of benzene rings is 1. The second-order valence-corrected chi connectivity index (χ2v) is 7.33. The fraction of sp³-hybridized carbons (Fsp3) is 0.600. The topological polar surface area (TPSA) is 67.4 Å². The van der Waals surface area contributed by atoms with Crippen LogP contribution in [0.3, 0.4) is 0 Å². The van der Waals surface area contributed by atoms with E-state index in [4.69, 9.17) is 4.74 Å². The number of aryl methyl sites for hydroxylation is 1. The van der Waals surface area contributed by atoms with Gasteiger partial charge in [-0.25, -0.2) is 13.1 Å². The van der Waals surface area contributed by atoms with E-state index < -0.39 is 10.0 Å². The van der Waals surface area contributed by atoms with Gasteiger partial charge in [0.2, 0.25) is 10.0 Å². The Labute approximate surface area is 127 Å². The molecule has 21 heavy (non-hydrogen) atoms. The lowest BCUT2D eigenvalue weighted by molar-refractivity contribution is 0.122. The molecule has 0 bridgehead atoms. The predicted octanol–water partition coefficient (Wildman–Crippen LogP) is 1.30. The zero-order valence-corrected chi connectivity index (χ0v) is 13.5. The smallest absolute Gasteiger partial charge is 0.240 e. The third-order valence-corrected chi connectivity index (χ3v) is 5.41. The number of hydrogen-bond donors (Lipinski definition) is 2. The molecule has 1 heterocycles. The fourth-order valence-electron chi connectivity index (χ4n) is 2.69. The van der Waals surface area contributed by atoms with Gasteiger partial charge in [0.15, 0.2) is 0 Å². The molecule has 0 saturated carbocycles. The van der Waals surface area contributed by atoms with E-state index in [0.29, 0.717) is 18.0 Å². The Kier molecular flexibility index (Phi) is 5.37. The van der Waals surface area contributed by atoms with E-state index >= 15 is 0 Å². The van der Waals surface area contributed by atoms with Crippen LogP contribution < -0.4 is 10.0 Å². The van der Waals surface area contributed by atoms with Crippen LogP contribution in [-0.4, -0.2) is 40.8 Å². The van der Waals surface area contributed by atoms with Crippen LogP contribution in [0.25, 0.3) is 0 Å². The van der Waals surface area contributed by atoms with Crippen molar-refractivity contribution in [3.05, 3.63) is 29.8 Å². The molecule has 0 spiro atoms. The molecule has 0 amide bonds. The first-order chi connectivity index (χ1) is 10.0. The van der Waals surface area contributed by atoms with E-state index in [0.717, 1.165) is 31.4 Å². The van der Waals surface area contributed by atoms with E-state index in [9.17, 15) is 8.42 Å². The Hall–Kier alpha value is -0.950. The Morgan fingerprint density at radius 2 is 2.05 bits per heavy atom. The maximum atomic E-state index is 12.4. The highest BCUT2D eigenvalue weighted by Crippen LogP contribution is 2.20. The van der Waals surface area contributed by atoms with E-state index in [2.05, 4.69) is 10.0 Å². The molecule has 1 aromatic carbocycles. The van der Waals surface area contributed by atoms with Crippen LogP contribution in [0.1, 0.15) is 25.3 Å². The van der Waals surface area contributed by atoms with E-state index in [-0.39, 0.29) is 5.54 Å². The van der Waals surface area contributed by atoms with Gasteiger partial charge in [0.05, 0.1) is 17.0 Å². The number of hydrogen-bond acceptors (Lipinski definition) is 4. The molecule has 0 aromatic heterocycles. The van der Waals surface area contributed by atoms with Gasteiger partial charge in [-0.2, -0.15) is 0 Å². The lowest BCUT2D eigenvalue weighted by Crippen LogP contribution is -2.52. The molecule has 1 aromatic rings. The van der Waals surface area contributed by atoms with Gasteiger partial charge in [-0.05, 0) is 43.5 Å². The monoisotopic (exact) mass is 312 g/mol. The third-order valence-electron chi connectivity index (χ3n) is 4.00. The molecule has 6 heteroatoms. The highest BCUT2D eigenvalue weighted by atomic mass is 32.2. The van der Waals surface area contributed by atoms with E-state index in [1.54, 1.807) is 19.2 Å². The van der Waals surface area contributed by atoms with Gasteiger partial charge in [-0.1, -0.05) is 19.1 Å². The quantitative estimate of drug-likeness (QED) is 0.796. The molecule has 1 saturated heterocycles. The minimum absolute atomic E-state index is 0.287. The van der Waals surface area contributed by atoms with Crippen LogP contribution in [0.4, 0.5) is 0 Å². The molecule has 1 aliphatic rings. The normalized spacial score (nSPS) is 22.6. The summed E-state index contributed by atoms with van der Waals surface area (Å²) in [5, 5.41) is 3.36. The first-order valence-corrected chi connectivity index (χ1v) is 8.82. The Morgan fingerprint density at radius 1 is 1.33 bits per heavy atom. The molecule has 2 rings (SSSR count). The van der Waals surface area contributed by atoms with Gasteiger partial charge in [-0.15, -0.1) is 0 Å². The van der Waals surface area contributed by atoms with Crippen LogP contribution in [0.2, 0.25) is 0 Å². The molecule has 1 aliphatic heterocycles. The summed E-state index contributed by atoms with van der Waals surface area (Å²) in [7, 11) is -1.84. The summed E-state index contributed by atoms with van der Waals surface area (Å²) < 4.78 is 32.7. The van der Waals surface area contributed by atoms with E-state index in [1.807, 2.05) is 19.1 Å². The minimum atomic E-state index is -3.47. The van der Waals surface area contributed by atoms with Crippen molar-refractivity contribution in [2.24, 2.45) is 0 Å². The molecule has 0 radical (unpaired) electrons. The van der Waals surface area contributed by atoms with Gasteiger partial charge >= 0.3 is 0 Å². The van der Waals surface area contributed by atoms with Crippen LogP contribution in [-0.2, 0) is 21.2 Å². The number of rotatable bonds is 7. The minimum Gasteiger partial charge on any atom is -0.383 e. The van der Waals surface area contributed by atoms with E-state index in [1.165, 1.54) is 0 Å². The average molecular weight is 312 g/mol. The second kappa shape index (κ2) is 6.87. The first-order valence-electron chi connectivity index (χ1n) is 7.34. The van der Waals surface area contributed by atoms with Gasteiger partial charge in [0.1, 0.15) is 0 Å². The van der Waals surface area contributed by atoms with Crippen molar-refractivity contribution < 1.29 is 13.2 Å². The number of sulfonamides is 1. The van der Waals surface area contributed by atoms with Crippen molar-refractivity contribution >= 4 is 10.0 Å². The summed E-state index contributed by atoms with van der Waals surface area (Å²) in [6.07, 6.45) is 2.85. The summed E-state index contributed by atoms with van der Waals surface area (Å²) >= 11 is 0. The first kappa shape index (κ1) is 16.4. The number of nitrogens with one attached hydrogen (secondary N) is 2. The number of ether oxygens (including phenoxy) is 1. The Bertz CT molecular complexity index is 549. The van der Waals surface area contributed by atoms with Gasteiger partial charge < -0.3 is 10.1 Å². The molecule has 1 fully saturated rings. The molecule has 0 aliphatic carbocycles. The zero-order valence-electron chi connectivity index (χ0n) is 12.7. The van der Waals surface area contributed by atoms with Crippen LogP contribution in [0, 0.1) is 0 Å². The largest absolute Gasteiger partial charge is 0.383 e. The van der Waals surface area contributed by atoms with Crippen LogP contribution in [0.5, 0.6) is 0 Å². The lowest BCUT2D eigenvalue weighted by atomic mass is 9.99. The summed E-state index contributed by atoms with van der Waals surface area (Å²) in [5.41, 5.74) is 0.841. The van der Waals surface area contributed by atoms with Crippen LogP contribution in [0.15, 0.2) is 29.2 Å². The molecule has 1 atom stereocenters. The van der Waals surface area contributed by atoms with Crippen molar-refractivity contribution in [2.75, 3.05) is 26.8 Å². The van der Waals surface area contributed by atoms with Gasteiger partial charge in [0, 0.05) is 13.7 Å². The highest BCUT2D eigenvalue weighted by molar-refractivity contribution is 7.89. The predicted molar refractivity (Wildman–Crippen MR) is 82.9 cm³/mol. The van der Waals surface area contributed by atoms with Crippen molar-refractivity contribution in [3.8, 4) is 0 Å². The van der Waals surface area contributed by atoms with Crippen molar-refractivity contribution in [2.45, 2.75) is 36.6 Å². The molecular formula is C15H24N2O3S. The van der Waals surface area contributed by atoms with Crippen molar-refractivity contribution in [1.29, 1.82) is 0 Å². The fourth-order valence-corrected chi connectivity index (χ4v) is 3.82. The van der Waals surface area contributed by atoms with Crippen molar-refractivity contribution in [1.82, 2.24) is 10.0 Å². The summed E-state index contributed by atoms with van der Waals surface area (Å²) in [5.74, 6) is 0. The standard InChI is InChI=1S/C15H24N2O3S/c1-3-13-5-7-14(8-6-13)21(18,19)17-11-15(12-20-2)9-4-10-16-15/h5-8,16-17H,3-4,9-12H2,1-2H3. The average Bonchev–Trinajstić information content (AvgIpc) is 2.95. The summed E-state index contributed by atoms with van der Waals surface area (Å²) in [6, 6.07) is 7.03. The highest BCUT2D eigenvalue weighted by Gasteiger charge is 2.34. The SMILES string of the molecule is CCc1ccc(S(=O)(=O)NCC2(COC)CCCN2)cc1. The van der Waals surface area contributed by atoms with Gasteiger partial charge in [0.25, 0.3) is 0 Å². The maximum Gasteiger partial charge on any atom is 0.240 e. The molecule has 118 valence electrons. The van der Waals surface area contributed by atoms with Crippen molar-refractivity contribution in [3.63, 3.8) is 0 Å². The second-order valence-electron chi connectivity index (χ2n) is 5.57. The number of methoxy groups -OCH3 is 1. The molecule has 2 N–H and O–H groups in total. The van der Waals surface area contributed by atoms with Crippen LogP contribution >= 0.6 is 0 Å². The lowest BCUT2D eigenvalue weighted by Gasteiger charge is -2.28. The molecular weight excluding hydrogens is 288 g/mol. The third kappa shape index (κ3) is 4.03. The molecule has 1 unspecified atom stereocenters. The maximum absolute atomic E-state index is 12.4. The Balaban J connectivity index is 2.06.